The van der Waals surface area contributed by atoms with Crippen LogP contribution in [0, 0.1) is 0 Å². The minimum Gasteiger partial charge on any atom is -0.507 e. The fourth-order valence-corrected chi connectivity index (χ4v) is 6.53. The highest BCUT2D eigenvalue weighted by Crippen LogP contribution is 2.45. The van der Waals surface area contributed by atoms with Crippen molar-refractivity contribution in [3.05, 3.63) is 95.3 Å². The van der Waals surface area contributed by atoms with E-state index in [9.17, 15) is 14.7 Å². The Morgan fingerprint density at radius 1 is 0.977 bits per heavy atom. The number of ketones is 1. The van der Waals surface area contributed by atoms with Gasteiger partial charge in [0.05, 0.1) is 24.8 Å². The number of ether oxygens (including phenoxy) is 2. The van der Waals surface area contributed by atoms with Crippen LogP contribution in [0.3, 0.4) is 0 Å². The van der Waals surface area contributed by atoms with Crippen LogP contribution >= 0.6 is 23.1 Å². The van der Waals surface area contributed by atoms with Crippen molar-refractivity contribution >= 4 is 45.7 Å². The molecule has 1 aliphatic rings. The molecular formula is C32H32N4O5S2. The van der Waals surface area contributed by atoms with Gasteiger partial charge in [-0.3, -0.25) is 19.5 Å². The highest BCUT2D eigenvalue weighted by molar-refractivity contribution is 8.00. The SMILES string of the molecule is CCCCCOc1ccc(C2C(=C(O)c3ccncc3)C(=O)C(=O)N2c2nnc(SCc3ccccc3)s2)cc1OCC. The number of pyridine rings is 1. The third kappa shape index (κ3) is 6.89. The second kappa shape index (κ2) is 14.3. The number of rotatable bonds is 13. The van der Waals surface area contributed by atoms with Gasteiger partial charge >= 0.3 is 5.91 Å². The van der Waals surface area contributed by atoms with Crippen molar-refractivity contribution in [3.63, 3.8) is 0 Å². The van der Waals surface area contributed by atoms with Gasteiger partial charge < -0.3 is 14.6 Å². The van der Waals surface area contributed by atoms with E-state index >= 15 is 0 Å². The smallest absolute Gasteiger partial charge is 0.301 e. The summed E-state index contributed by atoms with van der Waals surface area (Å²) in [6.45, 7) is 4.94. The van der Waals surface area contributed by atoms with Crippen LogP contribution in [0.4, 0.5) is 5.13 Å². The number of anilines is 1. The molecule has 1 aliphatic heterocycles. The zero-order chi connectivity index (χ0) is 30.2. The Kier molecular flexibility index (Phi) is 10.1. The number of hydrogen-bond acceptors (Lipinski definition) is 10. The largest absolute Gasteiger partial charge is 0.507 e. The minimum absolute atomic E-state index is 0.0519. The molecule has 4 aromatic rings. The van der Waals surface area contributed by atoms with Crippen LogP contribution in [0.2, 0.25) is 0 Å². The lowest BCUT2D eigenvalue weighted by Crippen LogP contribution is -2.29. The highest BCUT2D eigenvalue weighted by Gasteiger charge is 2.48. The zero-order valence-electron chi connectivity index (χ0n) is 23.9. The average Bonchev–Trinajstić information content (AvgIpc) is 3.61. The topological polar surface area (TPSA) is 115 Å². The first-order chi connectivity index (χ1) is 21.0. The van der Waals surface area contributed by atoms with Crippen molar-refractivity contribution < 1.29 is 24.2 Å². The summed E-state index contributed by atoms with van der Waals surface area (Å²) < 4.78 is 12.6. The van der Waals surface area contributed by atoms with Crippen LogP contribution in [0.5, 0.6) is 11.5 Å². The predicted octanol–water partition coefficient (Wildman–Crippen LogP) is 6.82. The lowest BCUT2D eigenvalue weighted by Gasteiger charge is -2.23. The molecule has 2 aromatic carbocycles. The molecule has 1 amide bonds. The molecule has 9 nitrogen and oxygen atoms in total. The van der Waals surface area contributed by atoms with Crippen LogP contribution in [0.15, 0.2) is 83.0 Å². The summed E-state index contributed by atoms with van der Waals surface area (Å²) in [5.41, 5.74) is 2.01. The Morgan fingerprint density at radius 2 is 1.77 bits per heavy atom. The molecule has 0 radical (unpaired) electrons. The normalized spacial score (nSPS) is 16.0. The molecule has 5 rings (SSSR count). The molecule has 1 N–H and O–H groups in total. The maximum absolute atomic E-state index is 13.6. The van der Waals surface area contributed by atoms with Crippen LogP contribution in [0.1, 0.15) is 55.8 Å². The summed E-state index contributed by atoms with van der Waals surface area (Å²) in [4.78, 5) is 32.5. The first-order valence-corrected chi connectivity index (χ1v) is 15.9. The lowest BCUT2D eigenvalue weighted by atomic mass is 9.95. The monoisotopic (exact) mass is 616 g/mol. The molecule has 0 aliphatic carbocycles. The third-order valence-electron chi connectivity index (χ3n) is 6.79. The standard InChI is InChI=1S/C32H32N4O5S2/c1-3-5-9-18-41-24-13-12-23(19-25(24)40-4-2)27-26(28(37)22-14-16-33-17-15-22)29(38)30(39)36(27)31-34-35-32(43-31)42-20-21-10-7-6-8-11-21/h6-8,10-17,19,27,37H,3-5,9,18,20H2,1-2H3. The summed E-state index contributed by atoms with van der Waals surface area (Å²) >= 11 is 2.72. The molecular weight excluding hydrogens is 585 g/mol. The number of amides is 1. The third-order valence-corrected chi connectivity index (χ3v) is 8.92. The Bertz CT molecular complexity index is 1590. The van der Waals surface area contributed by atoms with E-state index in [4.69, 9.17) is 9.47 Å². The van der Waals surface area contributed by atoms with Crippen molar-refractivity contribution in [3.8, 4) is 11.5 Å². The number of thioether (sulfide) groups is 1. The summed E-state index contributed by atoms with van der Waals surface area (Å²) in [5, 5.41) is 20.2. The van der Waals surface area contributed by atoms with E-state index in [0.717, 1.165) is 24.8 Å². The second-order valence-corrected chi connectivity index (χ2v) is 11.9. The van der Waals surface area contributed by atoms with Gasteiger partial charge in [-0.1, -0.05) is 79.3 Å². The van der Waals surface area contributed by atoms with Gasteiger partial charge in [-0.25, -0.2) is 0 Å². The fourth-order valence-electron chi connectivity index (χ4n) is 4.70. The highest BCUT2D eigenvalue weighted by atomic mass is 32.2. The van der Waals surface area contributed by atoms with Gasteiger partial charge in [-0.05, 0) is 48.7 Å². The van der Waals surface area contributed by atoms with Gasteiger partial charge in [0.25, 0.3) is 5.78 Å². The van der Waals surface area contributed by atoms with Crippen LogP contribution in [-0.4, -0.2) is 45.2 Å². The fraction of sp³-hybridized carbons (Fsp3) is 0.281. The molecule has 11 heteroatoms. The van der Waals surface area contributed by atoms with Crippen LogP contribution in [-0.2, 0) is 15.3 Å². The lowest BCUT2D eigenvalue weighted by molar-refractivity contribution is -0.132. The molecule has 1 fully saturated rings. The Morgan fingerprint density at radius 3 is 2.51 bits per heavy atom. The Balaban J connectivity index is 1.54. The molecule has 222 valence electrons. The number of nitrogens with zero attached hydrogens (tertiary/aromatic N) is 4. The molecule has 0 spiro atoms. The van der Waals surface area contributed by atoms with Gasteiger partial charge in [0.1, 0.15) is 5.76 Å². The van der Waals surface area contributed by atoms with Crippen molar-refractivity contribution in [1.29, 1.82) is 0 Å². The van der Waals surface area contributed by atoms with E-state index in [1.54, 1.807) is 30.3 Å². The van der Waals surface area contributed by atoms with Crippen molar-refractivity contribution in [2.45, 2.75) is 49.2 Å². The van der Waals surface area contributed by atoms with Gasteiger partial charge in [0, 0.05) is 23.7 Å². The maximum atomic E-state index is 13.6. The van der Waals surface area contributed by atoms with Crippen molar-refractivity contribution in [1.82, 2.24) is 15.2 Å². The van der Waals surface area contributed by atoms with Gasteiger partial charge in [-0.2, -0.15) is 0 Å². The van der Waals surface area contributed by atoms with E-state index in [1.807, 2.05) is 37.3 Å². The van der Waals surface area contributed by atoms with Crippen molar-refractivity contribution in [2.24, 2.45) is 0 Å². The number of hydrogen-bond donors (Lipinski definition) is 1. The van der Waals surface area contributed by atoms with Gasteiger partial charge in [-0.15, -0.1) is 10.2 Å². The molecule has 3 heterocycles. The summed E-state index contributed by atoms with van der Waals surface area (Å²) in [5.74, 6) is -0.169. The quantitative estimate of drug-likeness (QED) is 0.0431. The van der Waals surface area contributed by atoms with Crippen molar-refractivity contribution in [2.75, 3.05) is 18.1 Å². The number of aromatic nitrogens is 3. The van der Waals surface area contributed by atoms with Crippen LogP contribution < -0.4 is 14.4 Å². The number of aliphatic hydroxyl groups excluding tert-OH is 1. The first-order valence-electron chi connectivity index (χ1n) is 14.1. The van der Waals surface area contributed by atoms with E-state index in [0.29, 0.717) is 45.9 Å². The number of benzene rings is 2. The van der Waals surface area contributed by atoms with Gasteiger partial charge in [0.2, 0.25) is 5.13 Å². The molecule has 43 heavy (non-hydrogen) atoms. The van der Waals surface area contributed by atoms with E-state index in [2.05, 4.69) is 22.1 Å². The summed E-state index contributed by atoms with van der Waals surface area (Å²) in [7, 11) is 0. The predicted molar refractivity (Wildman–Crippen MR) is 168 cm³/mol. The average molecular weight is 617 g/mol. The number of aliphatic hydroxyl groups is 1. The summed E-state index contributed by atoms with van der Waals surface area (Å²) in [6.07, 6.45) is 6.07. The molecule has 1 atom stereocenters. The van der Waals surface area contributed by atoms with E-state index < -0.39 is 17.7 Å². The van der Waals surface area contributed by atoms with Crippen LogP contribution in [0.25, 0.3) is 5.76 Å². The number of Topliss-reactive ketones (excluding diaryl/α,β-unsaturated/α-hetero) is 1. The minimum atomic E-state index is -0.971. The molecule has 2 aromatic heterocycles. The summed E-state index contributed by atoms with van der Waals surface area (Å²) in [6, 6.07) is 17.5. The first kappa shape index (κ1) is 30.2. The van der Waals surface area contributed by atoms with Gasteiger partial charge in [0.15, 0.2) is 15.8 Å². The Hall–Kier alpha value is -4.22. The molecule has 0 saturated carbocycles. The number of unbranched alkanes of at least 4 members (excludes halogenated alkanes) is 2. The number of carbonyl (C=O) groups is 2. The zero-order valence-corrected chi connectivity index (χ0v) is 25.6. The molecule has 1 unspecified atom stereocenters. The second-order valence-electron chi connectivity index (χ2n) is 9.72. The Labute approximate surface area is 258 Å². The molecule has 1 saturated heterocycles. The number of carbonyl (C=O) groups excluding carboxylic acids is 2. The van der Waals surface area contributed by atoms with E-state index in [1.165, 1.54) is 40.4 Å². The molecule has 0 bridgehead atoms. The van der Waals surface area contributed by atoms with E-state index in [-0.39, 0.29) is 16.5 Å². The maximum Gasteiger partial charge on any atom is 0.301 e.